The van der Waals surface area contributed by atoms with E-state index in [1.165, 1.54) is 0 Å². The van der Waals surface area contributed by atoms with Crippen molar-refractivity contribution in [3.05, 3.63) is 64.3 Å². The number of rotatable bonds is 4. The van der Waals surface area contributed by atoms with Crippen LogP contribution >= 0.6 is 11.3 Å². The average Bonchev–Trinajstić information content (AvgIpc) is 3.06. The first kappa shape index (κ1) is 18.6. The molecule has 0 atom stereocenters. The molecule has 1 aromatic carbocycles. The normalized spacial score (nSPS) is 10.5. The van der Waals surface area contributed by atoms with E-state index in [1.54, 1.807) is 31.3 Å². The van der Waals surface area contributed by atoms with Crippen LogP contribution in [0.2, 0.25) is 0 Å². The predicted octanol–water partition coefficient (Wildman–Crippen LogP) is 3.83. The highest BCUT2D eigenvalue weighted by Gasteiger charge is 2.21. The molecule has 0 aliphatic heterocycles. The highest BCUT2D eigenvalue weighted by Crippen LogP contribution is 2.28. The number of hydrogen-bond acceptors (Lipinski definition) is 6. The van der Waals surface area contributed by atoms with Crippen LogP contribution in [0.5, 0.6) is 0 Å². The van der Waals surface area contributed by atoms with Crippen LogP contribution in [0.1, 0.15) is 25.7 Å². The van der Waals surface area contributed by atoms with Crippen molar-refractivity contribution >= 4 is 28.9 Å². The number of carbonyl (C=O) groups is 2. The van der Waals surface area contributed by atoms with Crippen LogP contribution in [-0.2, 0) is 4.74 Å². The number of ether oxygens (including phenoxy) is 1. The van der Waals surface area contributed by atoms with Crippen molar-refractivity contribution in [3.63, 3.8) is 0 Å². The summed E-state index contributed by atoms with van der Waals surface area (Å²) in [4.78, 5) is 32.8. The van der Waals surface area contributed by atoms with Crippen molar-refractivity contribution in [1.82, 2.24) is 9.97 Å². The fourth-order valence-electron chi connectivity index (χ4n) is 2.30. The molecule has 9 heteroatoms. The monoisotopic (exact) mass is 389 g/mol. The van der Waals surface area contributed by atoms with Crippen molar-refractivity contribution < 1.29 is 23.1 Å². The lowest BCUT2D eigenvalue weighted by Crippen LogP contribution is -2.14. The molecule has 0 saturated heterocycles. The van der Waals surface area contributed by atoms with Gasteiger partial charge >= 0.3 is 5.97 Å². The molecule has 0 spiro atoms. The maximum atomic E-state index is 14.0. The van der Waals surface area contributed by atoms with E-state index in [4.69, 9.17) is 0 Å². The Hall–Kier alpha value is -3.20. The fourth-order valence-corrected chi connectivity index (χ4v) is 3.23. The van der Waals surface area contributed by atoms with E-state index in [2.05, 4.69) is 20.0 Å². The van der Waals surface area contributed by atoms with Crippen molar-refractivity contribution in [1.29, 1.82) is 0 Å². The number of benzene rings is 1. The molecule has 1 amide bonds. The Morgan fingerprint density at radius 3 is 2.63 bits per heavy atom. The Morgan fingerprint density at radius 2 is 1.96 bits per heavy atom. The lowest BCUT2D eigenvalue weighted by Gasteiger charge is -2.08. The van der Waals surface area contributed by atoms with Gasteiger partial charge < -0.3 is 10.1 Å². The van der Waals surface area contributed by atoms with Gasteiger partial charge in [-0.05, 0) is 25.1 Å². The Balaban J connectivity index is 1.90. The summed E-state index contributed by atoms with van der Waals surface area (Å²) in [6, 6.07) is 6.71. The van der Waals surface area contributed by atoms with Gasteiger partial charge in [-0.3, -0.25) is 9.78 Å². The van der Waals surface area contributed by atoms with Gasteiger partial charge in [0.15, 0.2) is 0 Å². The molecular formula is C18H13F2N3O3S. The standard InChI is InChI=1S/C18H13F2N3O3S/c1-9-15(27-17(22-9)13-5-3-4-6-21-13)16(24)23-14-7-10(18(25)26-2)11(19)8-12(14)20/h3-8H,1-2H3,(H,23,24). The minimum Gasteiger partial charge on any atom is -0.465 e. The number of esters is 1. The summed E-state index contributed by atoms with van der Waals surface area (Å²) in [5.41, 5.74) is 0.220. The Labute approximate surface area is 156 Å². The molecule has 2 heterocycles. The Morgan fingerprint density at radius 1 is 1.19 bits per heavy atom. The van der Waals surface area contributed by atoms with Crippen LogP contribution in [0, 0.1) is 18.6 Å². The third-order valence-electron chi connectivity index (χ3n) is 3.60. The number of methoxy groups -OCH3 is 1. The maximum Gasteiger partial charge on any atom is 0.340 e. The van der Waals surface area contributed by atoms with E-state index in [9.17, 15) is 18.4 Å². The summed E-state index contributed by atoms with van der Waals surface area (Å²) in [6.07, 6.45) is 1.61. The van der Waals surface area contributed by atoms with E-state index >= 15 is 0 Å². The molecule has 3 aromatic rings. The first-order chi connectivity index (χ1) is 12.9. The second-order valence-electron chi connectivity index (χ2n) is 5.41. The zero-order valence-electron chi connectivity index (χ0n) is 14.2. The van der Waals surface area contributed by atoms with Crippen LogP contribution in [-0.4, -0.2) is 29.0 Å². The van der Waals surface area contributed by atoms with Crippen molar-refractivity contribution in [2.75, 3.05) is 12.4 Å². The summed E-state index contributed by atoms with van der Waals surface area (Å²) in [7, 11) is 1.07. The largest absolute Gasteiger partial charge is 0.465 e. The zero-order valence-corrected chi connectivity index (χ0v) is 15.1. The smallest absolute Gasteiger partial charge is 0.340 e. The van der Waals surface area contributed by atoms with Crippen LogP contribution in [0.25, 0.3) is 10.7 Å². The minimum absolute atomic E-state index is 0.249. The van der Waals surface area contributed by atoms with Crippen LogP contribution < -0.4 is 5.32 Å². The number of aromatic nitrogens is 2. The molecule has 0 aliphatic rings. The van der Waals surface area contributed by atoms with E-state index in [-0.39, 0.29) is 10.6 Å². The van der Waals surface area contributed by atoms with Gasteiger partial charge in [-0.15, -0.1) is 11.3 Å². The number of nitrogens with zero attached hydrogens (tertiary/aromatic N) is 2. The number of nitrogens with one attached hydrogen (secondary N) is 1. The molecule has 0 unspecified atom stereocenters. The quantitative estimate of drug-likeness (QED) is 0.686. The summed E-state index contributed by atoms with van der Waals surface area (Å²) >= 11 is 1.09. The van der Waals surface area contributed by atoms with Crippen molar-refractivity contribution in [2.45, 2.75) is 6.92 Å². The van der Waals surface area contributed by atoms with E-state index in [0.717, 1.165) is 24.5 Å². The van der Waals surface area contributed by atoms with E-state index in [0.29, 0.717) is 22.5 Å². The lowest BCUT2D eigenvalue weighted by atomic mass is 10.1. The molecule has 1 N–H and O–H groups in total. The molecule has 3 rings (SSSR count). The van der Waals surface area contributed by atoms with Crippen LogP contribution in [0.15, 0.2) is 36.5 Å². The summed E-state index contributed by atoms with van der Waals surface area (Å²) in [5.74, 6) is -3.70. The van der Waals surface area contributed by atoms with Crippen molar-refractivity contribution in [3.8, 4) is 10.7 Å². The summed E-state index contributed by atoms with van der Waals surface area (Å²) in [6.45, 7) is 1.64. The Kier molecular flexibility index (Phi) is 5.22. The second kappa shape index (κ2) is 7.58. The van der Waals surface area contributed by atoms with Gasteiger partial charge in [-0.25, -0.2) is 18.6 Å². The van der Waals surface area contributed by atoms with Gasteiger partial charge in [0.2, 0.25) is 0 Å². The van der Waals surface area contributed by atoms with E-state index in [1.807, 2.05) is 0 Å². The SMILES string of the molecule is COC(=O)c1cc(NC(=O)c2sc(-c3ccccn3)nc2C)c(F)cc1F. The number of pyridine rings is 1. The average molecular weight is 389 g/mol. The van der Waals surface area contributed by atoms with Crippen LogP contribution in [0.4, 0.5) is 14.5 Å². The van der Waals surface area contributed by atoms with Gasteiger partial charge in [0.25, 0.3) is 5.91 Å². The number of halogens is 2. The van der Waals surface area contributed by atoms with E-state index < -0.39 is 29.1 Å². The number of anilines is 1. The molecule has 27 heavy (non-hydrogen) atoms. The second-order valence-corrected chi connectivity index (χ2v) is 6.41. The molecule has 0 fully saturated rings. The number of hydrogen-bond donors (Lipinski definition) is 1. The van der Waals surface area contributed by atoms with Gasteiger partial charge in [0.1, 0.15) is 21.5 Å². The lowest BCUT2D eigenvalue weighted by molar-refractivity contribution is 0.0595. The number of carbonyl (C=O) groups excluding carboxylic acids is 2. The predicted molar refractivity (Wildman–Crippen MR) is 95.7 cm³/mol. The number of amides is 1. The molecule has 0 aliphatic carbocycles. The van der Waals surface area contributed by atoms with Gasteiger partial charge in [-0.1, -0.05) is 6.07 Å². The van der Waals surface area contributed by atoms with Gasteiger partial charge in [0.05, 0.1) is 29.7 Å². The maximum absolute atomic E-state index is 14.0. The topological polar surface area (TPSA) is 81.2 Å². The zero-order chi connectivity index (χ0) is 19.6. The fraction of sp³-hybridized carbons (Fsp3) is 0.111. The first-order valence-corrected chi connectivity index (χ1v) is 8.50. The number of aryl methyl sites for hydroxylation is 1. The molecule has 2 aromatic heterocycles. The molecule has 138 valence electrons. The highest BCUT2D eigenvalue weighted by molar-refractivity contribution is 7.17. The molecular weight excluding hydrogens is 376 g/mol. The number of thiazole rings is 1. The van der Waals surface area contributed by atoms with Gasteiger partial charge in [0, 0.05) is 12.3 Å². The molecule has 0 saturated carbocycles. The molecule has 6 nitrogen and oxygen atoms in total. The van der Waals surface area contributed by atoms with Crippen LogP contribution in [0.3, 0.4) is 0 Å². The minimum atomic E-state index is -1.08. The van der Waals surface area contributed by atoms with Crippen molar-refractivity contribution in [2.24, 2.45) is 0 Å². The highest BCUT2D eigenvalue weighted by atomic mass is 32.1. The molecule has 0 radical (unpaired) electrons. The summed E-state index contributed by atoms with van der Waals surface area (Å²) in [5, 5.41) is 2.88. The first-order valence-electron chi connectivity index (χ1n) is 7.68. The summed E-state index contributed by atoms with van der Waals surface area (Å²) < 4.78 is 32.2. The third-order valence-corrected chi connectivity index (χ3v) is 4.78. The third kappa shape index (κ3) is 3.82. The molecule has 0 bridgehead atoms. The van der Waals surface area contributed by atoms with Gasteiger partial charge in [-0.2, -0.15) is 0 Å². The Bertz CT molecular complexity index is 1020.